The lowest BCUT2D eigenvalue weighted by molar-refractivity contribution is -0.558. The lowest BCUT2D eigenvalue weighted by atomic mass is 9.56. The second kappa shape index (κ2) is 4.92. The minimum absolute atomic E-state index is 0.138. The molecule has 1 spiro atoms. The highest BCUT2D eigenvalue weighted by Crippen LogP contribution is 2.60. The average molecular weight is 310 g/mol. The third-order valence-corrected chi connectivity index (χ3v) is 6.49. The molecule has 4 aliphatic heterocycles. The zero-order chi connectivity index (χ0) is 15.5. The summed E-state index contributed by atoms with van der Waals surface area (Å²) in [5, 5.41) is 0. The van der Waals surface area contributed by atoms with Gasteiger partial charge in [0.2, 0.25) is 12.1 Å². The predicted octanol–water partition coefficient (Wildman–Crippen LogP) is 3.18. The fourth-order valence-electron chi connectivity index (χ4n) is 5.33. The SMILES string of the molecule is CCC[C@@H]1CC2CC(=O)OC3OC4(C)CCC(C1C)C23OO4. The summed E-state index contributed by atoms with van der Waals surface area (Å²) in [5.41, 5.74) is -0.604. The summed E-state index contributed by atoms with van der Waals surface area (Å²) in [6.45, 7) is 6.44. The lowest BCUT2D eigenvalue weighted by Gasteiger charge is -2.58. The van der Waals surface area contributed by atoms with Gasteiger partial charge in [0.05, 0.1) is 6.42 Å². The van der Waals surface area contributed by atoms with Gasteiger partial charge in [-0.15, -0.1) is 0 Å². The first-order chi connectivity index (χ1) is 10.5. The summed E-state index contributed by atoms with van der Waals surface area (Å²) in [6.07, 6.45) is 4.98. The van der Waals surface area contributed by atoms with Crippen LogP contribution in [-0.4, -0.2) is 23.6 Å². The molecular weight excluding hydrogens is 284 g/mol. The number of carbonyl (C=O) groups excluding carboxylic acids is 1. The fraction of sp³-hybridized carbons (Fsp3) is 0.941. The van der Waals surface area contributed by atoms with E-state index in [1.165, 1.54) is 12.8 Å². The standard InChI is InChI=1S/C17H26O5/c1-4-5-11-8-12-9-14(18)19-15-17(12)13(10(11)2)6-7-16(3,20-15)21-22-17/h10-13,15H,4-9H2,1-3H3/t10?,11-,12?,13?,15?,16?,17?/m1/s1. The van der Waals surface area contributed by atoms with Gasteiger partial charge in [0.1, 0.15) is 0 Å². The van der Waals surface area contributed by atoms with Crippen LogP contribution in [0.2, 0.25) is 0 Å². The quantitative estimate of drug-likeness (QED) is 0.579. The van der Waals surface area contributed by atoms with Crippen LogP contribution in [0.1, 0.15) is 59.3 Å². The molecule has 2 bridgehead atoms. The van der Waals surface area contributed by atoms with E-state index < -0.39 is 17.7 Å². The van der Waals surface area contributed by atoms with Crippen molar-refractivity contribution in [1.82, 2.24) is 0 Å². The molecule has 7 atom stereocenters. The summed E-state index contributed by atoms with van der Waals surface area (Å²) in [5.74, 6) is 0.678. The molecule has 5 heteroatoms. The zero-order valence-corrected chi connectivity index (χ0v) is 13.7. The minimum atomic E-state index is -0.796. The van der Waals surface area contributed by atoms with E-state index in [0.717, 1.165) is 19.3 Å². The molecule has 5 aliphatic rings. The molecule has 0 amide bonds. The fourth-order valence-corrected chi connectivity index (χ4v) is 5.33. The normalized spacial score (nSPS) is 53.6. The van der Waals surface area contributed by atoms with E-state index in [2.05, 4.69) is 13.8 Å². The molecular formula is C17H26O5. The maximum Gasteiger partial charge on any atom is 0.308 e. The van der Waals surface area contributed by atoms with E-state index in [-0.39, 0.29) is 11.9 Å². The number of ether oxygens (including phenoxy) is 2. The third kappa shape index (κ3) is 1.91. The van der Waals surface area contributed by atoms with Crippen LogP contribution in [-0.2, 0) is 24.0 Å². The molecule has 6 unspecified atom stereocenters. The van der Waals surface area contributed by atoms with Crippen molar-refractivity contribution in [2.75, 3.05) is 0 Å². The van der Waals surface area contributed by atoms with Crippen molar-refractivity contribution in [2.45, 2.75) is 77.0 Å². The van der Waals surface area contributed by atoms with E-state index >= 15 is 0 Å². The highest BCUT2D eigenvalue weighted by Gasteiger charge is 2.69. The Labute approximate surface area is 131 Å². The zero-order valence-electron chi connectivity index (χ0n) is 13.7. The Morgan fingerprint density at radius 1 is 1.32 bits per heavy atom. The maximum absolute atomic E-state index is 12.1. The molecule has 22 heavy (non-hydrogen) atoms. The highest BCUT2D eigenvalue weighted by atomic mass is 17.3. The Morgan fingerprint density at radius 3 is 2.91 bits per heavy atom. The van der Waals surface area contributed by atoms with E-state index in [0.29, 0.717) is 24.2 Å². The Balaban J connectivity index is 1.76. The van der Waals surface area contributed by atoms with E-state index in [9.17, 15) is 4.79 Å². The van der Waals surface area contributed by atoms with E-state index in [1.54, 1.807) is 0 Å². The first-order valence-electron chi connectivity index (χ1n) is 8.72. The van der Waals surface area contributed by atoms with Crippen LogP contribution in [0.3, 0.4) is 0 Å². The van der Waals surface area contributed by atoms with Gasteiger partial charge in [0, 0.05) is 18.3 Å². The topological polar surface area (TPSA) is 54.0 Å². The van der Waals surface area contributed by atoms with Gasteiger partial charge in [-0.3, -0.25) is 4.79 Å². The molecule has 1 saturated carbocycles. The van der Waals surface area contributed by atoms with E-state index in [4.69, 9.17) is 19.2 Å². The van der Waals surface area contributed by atoms with Crippen molar-refractivity contribution in [3.05, 3.63) is 0 Å². The monoisotopic (exact) mass is 310 g/mol. The number of rotatable bonds is 2. The summed E-state index contributed by atoms with van der Waals surface area (Å²) < 4.78 is 11.6. The van der Waals surface area contributed by atoms with Crippen molar-refractivity contribution in [3.63, 3.8) is 0 Å². The molecule has 0 N–H and O–H groups in total. The van der Waals surface area contributed by atoms with Crippen molar-refractivity contribution in [1.29, 1.82) is 0 Å². The minimum Gasteiger partial charge on any atom is -0.432 e. The number of fused-ring (bicyclic) bond motifs is 2. The van der Waals surface area contributed by atoms with Crippen molar-refractivity contribution >= 4 is 5.97 Å². The Kier molecular flexibility index (Phi) is 3.34. The molecule has 0 radical (unpaired) electrons. The number of hydrogen-bond acceptors (Lipinski definition) is 5. The molecule has 124 valence electrons. The second-order valence-electron chi connectivity index (χ2n) is 7.78. The van der Waals surface area contributed by atoms with Crippen molar-refractivity contribution in [3.8, 4) is 0 Å². The third-order valence-electron chi connectivity index (χ3n) is 6.49. The summed E-state index contributed by atoms with van der Waals surface area (Å²) >= 11 is 0. The Bertz CT molecular complexity index is 480. The average Bonchev–Trinajstić information content (AvgIpc) is 2.69. The van der Waals surface area contributed by atoms with Crippen LogP contribution in [0, 0.1) is 23.7 Å². The second-order valence-corrected chi connectivity index (χ2v) is 7.78. The van der Waals surface area contributed by atoms with Gasteiger partial charge in [0.15, 0.2) is 5.60 Å². The molecule has 0 aromatic carbocycles. The van der Waals surface area contributed by atoms with Crippen LogP contribution in [0.4, 0.5) is 0 Å². The van der Waals surface area contributed by atoms with Gasteiger partial charge in [-0.1, -0.05) is 26.7 Å². The van der Waals surface area contributed by atoms with Crippen LogP contribution in [0.15, 0.2) is 0 Å². The van der Waals surface area contributed by atoms with Crippen LogP contribution < -0.4 is 0 Å². The number of esters is 1. The van der Waals surface area contributed by atoms with Gasteiger partial charge >= 0.3 is 5.97 Å². The van der Waals surface area contributed by atoms with Crippen molar-refractivity contribution < 1.29 is 24.0 Å². The molecule has 4 saturated heterocycles. The summed E-state index contributed by atoms with van der Waals surface area (Å²) in [4.78, 5) is 23.7. The summed E-state index contributed by atoms with van der Waals surface area (Å²) in [6, 6.07) is 0. The molecule has 5 fully saturated rings. The molecule has 5 nitrogen and oxygen atoms in total. The van der Waals surface area contributed by atoms with Gasteiger partial charge in [-0.25, -0.2) is 9.78 Å². The molecule has 4 heterocycles. The first-order valence-corrected chi connectivity index (χ1v) is 8.72. The number of carbonyl (C=O) groups is 1. The maximum atomic E-state index is 12.1. The lowest BCUT2D eigenvalue weighted by Crippen LogP contribution is -2.68. The van der Waals surface area contributed by atoms with Crippen LogP contribution in [0.5, 0.6) is 0 Å². The van der Waals surface area contributed by atoms with Crippen LogP contribution >= 0.6 is 0 Å². The van der Waals surface area contributed by atoms with Crippen LogP contribution in [0.25, 0.3) is 0 Å². The molecule has 1 aliphatic carbocycles. The Morgan fingerprint density at radius 2 is 2.14 bits per heavy atom. The number of hydrogen-bond donors (Lipinski definition) is 0. The van der Waals surface area contributed by atoms with Gasteiger partial charge in [0.25, 0.3) is 0 Å². The van der Waals surface area contributed by atoms with E-state index in [1.807, 2.05) is 6.92 Å². The molecule has 5 rings (SSSR count). The predicted molar refractivity (Wildman–Crippen MR) is 77.3 cm³/mol. The highest BCUT2D eigenvalue weighted by molar-refractivity contribution is 5.71. The van der Waals surface area contributed by atoms with Gasteiger partial charge in [-0.05, 0) is 31.6 Å². The van der Waals surface area contributed by atoms with Crippen molar-refractivity contribution in [2.24, 2.45) is 23.7 Å². The smallest absolute Gasteiger partial charge is 0.308 e. The molecule has 0 aromatic rings. The summed E-state index contributed by atoms with van der Waals surface area (Å²) in [7, 11) is 0. The van der Waals surface area contributed by atoms with Gasteiger partial charge in [-0.2, -0.15) is 0 Å². The largest absolute Gasteiger partial charge is 0.432 e. The Hall–Kier alpha value is -0.650. The van der Waals surface area contributed by atoms with Gasteiger partial charge < -0.3 is 9.47 Å². The first kappa shape index (κ1) is 14.9. The molecule has 0 aromatic heterocycles.